The van der Waals surface area contributed by atoms with Gasteiger partial charge in [-0.2, -0.15) is 0 Å². The van der Waals surface area contributed by atoms with Gasteiger partial charge in [-0.25, -0.2) is 4.79 Å². The molecular weight excluding hydrogens is 248 g/mol. The van der Waals surface area contributed by atoms with Crippen molar-refractivity contribution in [1.29, 1.82) is 0 Å². The van der Waals surface area contributed by atoms with Crippen LogP contribution in [0.2, 0.25) is 0 Å². The van der Waals surface area contributed by atoms with Crippen LogP contribution >= 0.6 is 11.3 Å². The van der Waals surface area contributed by atoms with Crippen molar-refractivity contribution in [2.24, 2.45) is 0 Å². The molecule has 0 N–H and O–H groups in total. The quantitative estimate of drug-likeness (QED) is 0.787. The average Bonchev–Trinajstić information content (AvgIpc) is 2.70. The Balaban J connectivity index is 1.94. The third-order valence-corrected chi connectivity index (χ3v) is 4.68. The molecule has 0 radical (unpaired) electrons. The number of esters is 1. The molecule has 0 spiro atoms. The molecule has 100 valence electrons. The second-order valence-electron chi connectivity index (χ2n) is 4.90. The maximum atomic E-state index is 12.0. The highest BCUT2D eigenvalue weighted by Gasteiger charge is 2.25. The van der Waals surface area contributed by atoms with Crippen molar-refractivity contribution in [1.82, 2.24) is 0 Å². The highest BCUT2D eigenvalue weighted by Crippen LogP contribution is 2.26. The number of hydrogen-bond donors (Lipinski definition) is 0. The molecule has 0 amide bonds. The van der Waals surface area contributed by atoms with Crippen LogP contribution in [0, 0.1) is 13.8 Å². The van der Waals surface area contributed by atoms with E-state index < -0.39 is 0 Å². The molecule has 1 aliphatic rings. The number of carbonyl (C=O) groups is 1. The molecule has 1 saturated carbocycles. The van der Waals surface area contributed by atoms with Gasteiger partial charge in [0.2, 0.25) is 0 Å². The Labute approximate surface area is 112 Å². The Hall–Kier alpha value is -0.870. The van der Waals surface area contributed by atoms with Crippen LogP contribution in [0.25, 0.3) is 0 Å². The SMILES string of the molecule is COC1CCCC(OC(=O)c2cc(C)c(C)s2)C1. The Morgan fingerprint density at radius 1 is 1.33 bits per heavy atom. The maximum absolute atomic E-state index is 12.0. The second kappa shape index (κ2) is 5.85. The first-order valence-electron chi connectivity index (χ1n) is 6.41. The molecule has 0 bridgehead atoms. The van der Waals surface area contributed by atoms with E-state index in [1.54, 1.807) is 7.11 Å². The minimum Gasteiger partial charge on any atom is -0.458 e. The lowest BCUT2D eigenvalue weighted by Gasteiger charge is -2.27. The van der Waals surface area contributed by atoms with E-state index >= 15 is 0 Å². The first-order chi connectivity index (χ1) is 8.60. The van der Waals surface area contributed by atoms with Gasteiger partial charge in [-0.05, 0) is 44.7 Å². The van der Waals surface area contributed by atoms with E-state index in [1.165, 1.54) is 16.2 Å². The number of aryl methyl sites for hydroxylation is 2. The predicted molar refractivity (Wildman–Crippen MR) is 72.3 cm³/mol. The molecule has 1 aliphatic carbocycles. The molecule has 1 heterocycles. The van der Waals surface area contributed by atoms with Crippen molar-refractivity contribution >= 4 is 17.3 Å². The number of rotatable bonds is 3. The van der Waals surface area contributed by atoms with Gasteiger partial charge in [-0.1, -0.05) is 0 Å². The largest absolute Gasteiger partial charge is 0.458 e. The summed E-state index contributed by atoms with van der Waals surface area (Å²) in [4.78, 5) is 13.9. The minimum atomic E-state index is -0.182. The monoisotopic (exact) mass is 268 g/mol. The third-order valence-electron chi connectivity index (χ3n) is 3.55. The summed E-state index contributed by atoms with van der Waals surface area (Å²) in [5.41, 5.74) is 1.16. The van der Waals surface area contributed by atoms with Gasteiger partial charge in [0.1, 0.15) is 11.0 Å². The maximum Gasteiger partial charge on any atom is 0.348 e. The zero-order valence-electron chi connectivity index (χ0n) is 11.2. The molecular formula is C14H20O3S. The minimum absolute atomic E-state index is 0.0129. The Kier molecular flexibility index (Phi) is 4.40. The topological polar surface area (TPSA) is 35.5 Å². The van der Waals surface area contributed by atoms with E-state index in [4.69, 9.17) is 9.47 Å². The van der Waals surface area contributed by atoms with Gasteiger partial charge in [0.25, 0.3) is 0 Å². The highest BCUT2D eigenvalue weighted by atomic mass is 32.1. The van der Waals surface area contributed by atoms with E-state index in [1.807, 2.05) is 19.9 Å². The summed E-state index contributed by atoms with van der Waals surface area (Å²) in [6.07, 6.45) is 4.17. The smallest absolute Gasteiger partial charge is 0.348 e. The van der Waals surface area contributed by atoms with Crippen molar-refractivity contribution in [2.75, 3.05) is 7.11 Å². The molecule has 0 saturated heterocycles. The molecule has 4 heteroatoms. The molecule has 2 unspecified atom stereocenters. The van der Waals surface area contributed by atoms with Gasteiger partial charge in [-0.3, -0.25) is 0 Å². The fraction of sp³-hybridized carbons (Fsp3) is 0.643. The zero-order valence-corrected chi connectivity index (χ0v) is 12.0. The number of thiophene rings is 1. The van der Waals surface area contributed by atoms with E-state index in [-0.39, 0.29) is 18.2 Å². The Morgan fingerprint density at radius 3 is 2.67 bits per heavy atom. The van der Waals surface area contributed by atoms with Crippen LogP contribution < -0.4 is 0 Å². The molecule has 2 atom stereocenters. The number of methoxy groups -OCH3 is 1. The summed E-state index contributed by atoms with van der Waals surface area (Å²) < 4.78 is 10.9. The molecule has 1 fully saturated rings. The van der Waals surface area contributed by atoms with Crippen molar-refractivity contribution in [3.63, 3.8) is 0 Å². The zero-order chi connectivity index (χ0) is 13.1. The summed E-state index contributed by atoms with van der Waals surface area (Å²) in [5, 5.41) is 0. The molecule has 1 aromatic rings. The lowest BCUT2D eigenvalue weighted by Crippen LogP contribution is -2.29. The van der Waals surface area contributed by atoms with Gasteiger partial charge >= 0.3 is 5.97 Å². The fourth-order valence-electron chi connectivity index (χ4n) is 2.31. The summed E-state index contributed by atoms with van der Waals surface area (Å²) >= 11 is 1.51. The van der Waals surface area contributed by atoms with Crippen molar-refractivity contribution in [3.05, 3.63) is 21.4 Å². The summed E-state index contributed by atoms with van der Waals surface area (Å²) in [6, 6.07) is 1.92. The highest BCUT2D eigenvalue weighted by molar-refractivity contribution is 7.14. The molecule has 0 aromatic carbocycles. The first kappa shape index (κ1) is 13.6. The van der Waals surface area contributed by atoms with Crippen molar-refractivity contribution < 1.29 is 14.3 Å². The summed E-state index contributed by atoms with van der Waals surface area (Å²) in [7, 11) is 1.72. The molecule has 3 nitrogen and oxygen atoms in total. The van der Waals surface area contributed by atoms with Crippen LogP contribution in [0.5, 0.6) is 0 Å². The van der Waals surface area contributed by atoms with Crippen LogP contribution in [0.4, 0.5) is 0 Å². The third kappa shape index (κ3) is 3.12. The van der Waals surface area contributed by atoms with Crippen LogP contribution in [0.15, 0.2) is 6.07 Å². The van der Waals surface area contributed by atoms with Crippen LogP contribution in [0.3, 0.4) is 0 Å². The lowest BCUT2D eigenvalue weighted by molar-refractivity contribution is -0.0146. The summed E-state index contributed by atoms with van der Waals surface area (Å²) in [6.45, 7) is 4.04. The number of carbonyl (C=O) groups excluding carboxylic acids is 1. The Bertz CT molecular complexity index is 405. The van der Waals surface area contributed by atoms with Crippen LogP contribution in [0.1, 0.15) is 45.8 Å². The fourth-order valence-corrected chi connectivity index (χ4v) is 3.22. The molecule has 0 aliphatic heterocycles. The summed E-state index contributed by atoms with van der Waals surface area (Å²) in [5.74, 6) is -0.182. The van der Waals surface area contributed by atoms with Gasteiger partial charge in [0.05, 0.1) is 6.10 Å². The van der Waals surface area contributed by atoms with Crippen LogP contribution in [-0.4, -0.2) is 25.3 Å². The van der Waals surface area contributed by atoms with E-state index in [0.717, 1.165) is 31.2 Å². The van der Waals surface area contributed by atoms with Crippen LogP contribution in [-0.2, 0) is 9.47 Å². The standard InChI is InChI=1S/C14H20O3S/c1-9-7-13(18-10(9)2)14(15)17-12-6-4-5-11(8-12)16-3/h7,11-12H,4-6,8H2,1-3H3. The lowest BCUT2D eigenvalue weighted by atomic mass is 9.95. The van der Waals surface area contributed by atoms with Crippen molar-refractivity contribution in [2.45, 2.75) is 51.7 Å². The predicted octanol–water partition coefficient (Wildman–Crippen LogP) is 3.48. The Morgan fingerprint density at radius 2 is 2.06 bits per heavy atom. The number of hydrogen-bond acceptors (Lipinski definition) is 4. The number of ether oxygens (including phenoxy) is 2. The molecule has 2 rings (SSSR count). The van der Waals surface area contributed by atoms with Gasteiger partial charge in [-0.15, -0.1) is 11.3 Å². The van der Waals surface area contributed by atoms with Crippen molar-refractivity contribution in [3.8, 4) is 0 Å². The van der Waals surface area contributed by atoms with E-state index in [0.29, 0.717) is 4.88 Å². The normalized spacial score (nSPS) is 23.9. The van der Waals surface area contributed by atoms with E-state index in [2.05, 4.69) is 0 Å². The average molecular weight is 268 g/mol. The van der Waals surface area contributed by atoms with E-state index in [9.17, 15) is 4.79 Å². The molecule has 1 aromatic heterocycles. The van der Waals surface area contributed by atoms with Gasteiger partial charge in [0, 0.05) is 18.4 Å². The molecule has 18 heavy (non-hydrogen) atoms. The van der Waals surface area contributed by atoms with Gasteiger partial charge in [0.15, 0.2) is 0 Å². The first-order valence-corrected chi connectivity index (χ1v) is 7.22. The second-order valence-corrected chi connectivity index (χ2v) is 6.16. The van der Waals surface area contributed by atoms with Gasteiger partial charge < -0.3 is 9.47 Å².